The second-order valence-corrected chi connectivity index (χ2v) is 5.22. The van der Waals surface area contributed by atoms with Crippen molar-refractivity contribution in [3.8, 4) is 0 Å². The SMILES string of the molecule is CCCC(C)NC(=O)CN(C)C1COCC1C(=O)O. The van der Waals surface area contributed by atoms with Crippen molar-refractivity contribution >= 4 is 11.9 Å². The lowest BCUT2D eigenvalue weighted by atomic mass is 10.0. The maximum Gasteiger partial charge on any atom is 0.310 e. The highest BCUT2D eigenvalue weighted by molar-refractivity contribution is 5.78. The number of nitrogens with one attached hydrogen (secondary N) is 1. The second-order valence-electron chi connectivity index (χ2n) is 5.22. The summed E-state index contributed by atoms with van der Waals surface area (Å²) in [6.07, 6.45) is 1.97. The predicted octanol–water partition coefficient (Wildman–Crippen LogP) is 0.323. The van der Waals surface area contributed by atoms with E-state index in [9.17, 15) is 9.59 Å². The van der Waals surface area contributed by atoms with Gasteiger partial charge in [-0.25, -0.2) is 0 Å². The van der Waals surface area contributed by atoms with Crippen LogP contribution in [0.25, 0.3) is 0 Å². The Balaban J connectivity index is 2.43. The van der Waals surface area contributed by atoms with E-state index >= 15 is 0 Å². The van der Waals surface area contributed by atoms with Crippen LogP contribution in [0, 0.1) is 5.92 Å². The molecule has 0 radical (unpaired) electrons. The Morgan fingerprint density at radius 2 is 2.16 bits per heavy atom. The Kier molecular flexibility index (Phi) is 6.24. The minimum absolute atomic E-state index is 0.0699. The number of nitrogens with zero attached hydrogens (tertiary/aromatic N) is 1. The van der Waals surface area contributed by atoms with Gasteiger partial charge in [-0.15, -0.1) is 0 Å². The van der Waals surface area contributed by atoms with Crippen LogP contribution < -0.4 is 5.32 Å². The molecule has 6 heteroatoms. The Morgan fingerprint density at radius 3 is 2.74 bits per heavy atom. The number of likely N-dealkylation sites (N-methyl/N-ethyl adjacent to an activating group) is 1. The fourth-order valence-corrected chi connectivity index (χ4v) is 2.38. The molecule has 1 fully saturated rings. The molecule has 0 spiro atoms. The second kappa shape index (κ2) is 7.45. The van der Waals surface area contributed by atoms with Crippen LogP contribution in [0.4, 0.5) is 0 Å². The zero-order valence-electron chi connectivity index (χ0n) is 11.9. The Labute approximate surface area is 114 Å². The van der Waals surface area contributed by atoms with Gasteiger partial charge in [0.1, 0.15) is 0 Å². The summed E-state index contributed by atoms with van der Waals surface area (Å²) < 4.78 is 5.20. The molecule has 1 amide bonds. The van der Waals surface area contributed by atoms with Gasteiger partial charge in [0.25, 0.3) is 0 Å². The van der Waals surface area contributed by atoms with Crippen LogP contribution in [0.5, 0.6) is 0 Å². The lowest BCUT2D eigenvalue weighted by Crippen LogP contribution is -2.47. The summed E-state index contributed by atoms with van der Waals surface area (Å²) in [5.41, 5.74) is 0. The zero-order chi connectivity index (χ0) is 14.4. The van der Waals surface area contributed by atoms with Gasteiger partial charge in [0.05, 0.1) is 25.7 Å². The van der Waals surface area contributed by atoms with Crippen molar-refractivity contribution in [3.05, 3.63) is 0 Å². The number of carbonyl (C=O) groups excluding carboxylic acids is 1. The topological polar surface area (TPSA) is 78.9 Å². The third kappa shape index (κ3) is 4.80. The summed E-state index contributed by atoms with van der Waals surface area (Å²) in [4.78, 5) is 24.7. The molecule has 19 heavy (non-hydrogen) atoms. The van der Waals surface area contributed by atoms with Crippen molar-refractivity contribution in [2.45, 2.75) is 38.8 Å². The minimum Gasteiger partial charge on any atom is -0.481 e. The maximum atomic E-state index is 11.8. The average molecular weight is 272 g/mol. The largest absolute Gasteiger partial charge is 0.481 e. The predicted molar refractivity (Wildman–Crippen MR) is 70.9 cm³/mol. The van der Waals surface area contributed by atoms with Crippen LogP contribution >= 0.6 is 0 Å². The van der Waals surface area contributed by atoms with Gasteiger partial charge in [-0.3, -0.25) is 14.5 Å². The molecule has 0 aromatic carbocycles. The molecule has 1 aliphatic heterocycles. The van der Waals surface area contributed by atoms with E-state index in [1.807, 2.05) is 6.92 Å². The van der Waals surface area contributed by atoms with Crippen molar-refractivity contribution in [1.82, 2.24) is 10.2 Å². The molecule has 6 nitrogen and oxygen atoms in total. The first-order valence-corrected chi connectivity index (χ1v) is 6.75. The summed E-state index contributed by atoms with van der Waals surface area (Å²) in [5.74, 6) is -1.49. The molecule has 1 aliphatic rings. The van der Waals surface area contributed by atoms with Crippen molar-refractivity contribution in [2.24, 2.45) is 5.92 Å². The first kappa shape index (κ1) is 15.9. The van der Waals surface area contributed by atoms with E-state index < -0.39 is 11.9 Å². The highest BCUT2D eigenvalue weighted by Crippen LogP contribution is 2.18. The quantitative estimate of drug-likeness (QED) is 0.698. The molecule has 0 aromatic heterocycles. The monoisotopic (exact) mass is 272 g/mol. The van der Waals surface area contributed by atoms with Gasteiger partial charge in [-0.05, 0) is 20.4 Å². The number of amides is 1. The van der Waals surface area contributed by atoms with Gasteiger partial charge in [-0.2, -0.15) is 0 Å². The smallest absolute Gasteiger partial charge is 0.310 e. The number of hydrogen-bond acceptors (Lipinski definition) is 4. The number of carboxylic acid groups (broad SMARTS) is 1. The van der Waals surface area contributed by atoms with E-state index in [4.69, 9.17) is 9.84 Å². The molecule has 1 saturated heterocycles. The van der Waals surface area contributed by atoms with E-state index in [1.54, 1.807) is 11.9 Å². The minimum atomic E-state index is -0.867. The number of rotatable bonds is 7. The van der Waals surface area contributed by atoms with E-state index in [-0.39, 0.29) is 31.1 Å². The zero-order valence-corrected chi connectivity index (χ0v) is 11.9. The number of aliphatic carboxylic acids is 1. The molecule has 0 bridgehead atoms. The molecule has 1 rings (SSSR count). The fraction of sp³-hybridized carbons (Fsp3) is 0.846. The van der Waals surface area contributed by atoms with E-state index in [0.29, 0.717) is 6.61 Å². The molecule has 0 aromatic rings. The van der Waals surface area contributed by atoms with Crippen molar-refractivity contribution in [3.63, 3.8) is 0 Å². The van der Waals surface area contributed by atoms with Crippen molar-refractivity contribution in [2.75, 3.05) is 26.8 Å². The summed E-state index contributed by atoms with van der Waals surface area (Å²) in [7, 11) is 1.76. The van der Waals surface area contributed by atoms with Gasteiger partial charge in [-0.1, -0.05) is 13.3 Å². The van der Waals surface area contributed by atoms with Crippen LogP contribution in [0.3, 0.4) is 0 Å². The molecular formula is C13H24N2O4. The van der Waals surface area contributed by atoms with Gasteiger partial charge < -0.3 is 15.2 Å². The summed E-state index contributed by atoms with van der Waals surface area (Å²) in [5, 5.41) is 12.0. The van der Waals surface area contributed by atoms with Crippen LogP contribution in [-0.2, 0) is 14.3 Å². The molecule has 3 unspecified atom stereocenters. The van der Waals surface area contributed by atoms with Gasteiger partial charge in [0, 0.05) is 12.1 Å². The van der Waals surface area contributed by atoms with Gasteiger partial charge in [0.2, 0.25) is 5.91 Å². The number of carbonyl (C=O) groups is 2. The van der Waals surface area contributed by atoms with Crippen molar-refractivity contribution in [1.29, 1.82) is 0 Å². The lowest BCUT2D eigenvalue weighted by Gasteiger charge is -2.26. The molecule has 3 atom stereocenters. The number of hydrogen-bond donors (Lipinski definition) is 2. The average Bonchev–Trinajstić information content (AvgIpc) is 2.77. The third-order valence-corrected chi connectivity index (χ3v) is 3.46. The lowest BCUT2D eigenvalue weighted by molar-refractivity contribution is -0.143. The Morgan fingerprint density at radius 1 is 1.47 bits per heavy atom. The van der Waals surface area contributed by atoms with Crippen LogP contribution in [0.1, 0.15) is 26.7 Å². The molecule has 110 valence electrons. The molecular weight excluding hydrogens is 248 g/mol. The van der Waals surface area contributed by atoms with E-state index in [0.717, 1.165) is 12.8 Å². The normalized spacial score (nSPS) is 24.4. The van der Waals surface area contributed by atoms with Crippen molar-refractivity contribution < 1.29 is 19.4 Å². The first-order valence-electron chi connectivity index (χ1n) is 6.75. The Bertz CT molecular complexity index is 322. The molecule has 2 N–H and O–H groups in total. The summed E-state index contributed by atoms with van der Waals surface area (Å²) >= 11 is 0. The highest BCUT2D eigenvalue weighted by atomic mass is 16.5. The summed E-state index contributed by atoms with van der Waals surface area (Å²) in [6.45, 7) is 4.83. The Hall–Kier alpha value is -1.14. The van der Waals surface area contributed by atoms with Gasteiger partial charge in [0.15, 0.2) is 0 Å². The summed E-state index contributed by atoms with van der Waals surface area (Å²) in [6, 6.07) is -0.0780. The number of carboxylic acids is 1. The molecule has 0 aliphatic carbocycles. The highest BCUT2D eigenvalue weighted by Gasteiger charge is 2.37. The van der Waals surface area contributed by atoms with E-state index in [2.05, 4.69) is 12.2 Å². The fourth-order valence-electron chi connectivity index (χ4n) is 2.38. The third-order valence-electron chi connectivity index (χ3n) is 3.46. The maximum absolute atomic E-state index is 11.8. The van der Waals surface area contributed by atoms with Crippen LogP contribution in [-0.4, -0.2) is 60.8 Å². The van der Waals surface area contributed by atoms with Crippen LogP contribution in [0.2, 0.25) is 0 Å². The first-order chi connectivity index (χ1) is 8.95. The van der Waals surface area contributed by atoms with Crippen LogP contribution in [0.15, 0.2) is 0 Å². The number of ether oxygens (including phenoxy) is 1. The van der Waals surface area contributed by atoms with E-state index in [1.165, 1.54) is 0 Å². The van der Waals surface area contributed by atoms with Gasteiger partial charge >= 0.3 is 5.97 Å². The molecule has 1 heterocycles. The standard InChI is InChI=1S/C13H24N2O4/c1-4-5-9(2)14-12(16)6-15(3)11-8-19-7-10(11)13(17)18/h9-11H,4-8H2,1-3H3,(H,14,16)(H,17,18). The molecule has 0 saturated carbocycles.